The Balaban J connectivity index is 2.40. The van der Waals surface area contributed by atoms with Gasteiger partial charge >= 0.3 is 0 Å². The topological polar surface area (TPSA) is 85.7 Å². The van der Waals surface area contributed by atoms with Crippen LogP contribution in [0.1, 0.15) is 44.2 Å². The second-order valence-electron chi connectivity index (χ2n) is 6.21. The molecule has 0 amide bonds. The highest BCUT2D eigenvalue weighted by atomic mass is 35.5. The number of guanidine groups is 1. The molecule has 0 spiro atoms. The summed E-state index contributed by atoms with van der Waals surface area (Å²) in [5, 5.41) is 3.11. The van der Waals surface area contributed by atoms with Gasteiger partial charge in [0.15, 0.2) is 5.96 Å². The van der Waals surface area contributed by atoms with Crippen molar-refractivity contribution in [3.63, 3.8) is 0 Å². The molecule has 1 aromatic rings. The zero-order chi connectivity index (χ0) is 17.7. The van der Waals surface area contributed by atoms with E-state index in [4.69, 9.17) is 27.8 Å². The van der Waals surface area contributed by atoms with Crippen molar-refractivity contribution in [2.45, 2.75) is 51.1 Å². The molecule has 0 fully saturated rings. The van der Waals surface area contributed by atoms with Gasteiger partial charge in [-0.3, -0.25) is 0 Å². The number of alkyl halides is 1. The van der Waals surface area contributed by atoms with Crippen molar-refractivity contribution < 1.29 is 4.74 Å². The van der Waals surface area contributed by atoms with Crippen LogP contribution in [0.2, 0.25) is 0 Å². The summed E-state index contributed by atoms with van der Waals surface area (Å²) in [6, 6.07) is 5.98. The number of methoxy groups -OCH3 is 1. The molecule has 0 radical (unpaired) electrons. The van der Waals surface area contributed by atoms with Gasteiger partial charge in [-0.05, 0) is 42.5 Å². The predicted molar refractivity (Wildman–Crippen MR) is 100 cm³/mol. The Morgan fingerprint density at radius 3 is 2.75 bits per heavy atom. The number of unbranched alkanes of at least 4 members (excludes halogenated alkanes) is 1. The molecular formula is C18H27ClN4O. The minimum atomic E-state index is -0.780. The lowest BCUT2D eigenvalue weighted by Crippen LogP contribution is -2.50. The summed E-state index contributed by atoms with van der Waals surface area (Å²) < 4.78 is 5.50. The van der Waals surface area contributed by atoms with Gasteiger partial charge in [0, 0.05) is 18.0 Å². The van der Waals surface area contributed by atoms with Crippen molar-refractivity contribution >= 4 is 17.6 Å². The molecule has 1 aliphatic heterocycles. The Labute approximate surface area is 149 Å². The highest BCUT2D eigenvalue weighted by Crippen LogP contribution is 2.33. The molecule has 0 aromatic heterocycles. The Morgan fingerprint density at radius 2 is 2.12 bits per heavy atom. The summed E-state index contributed by atoms with van der Waals surface area (Å²) in [6.07, 6.45) is 3.45. The first-order valence-corrected chi connectivity index (χ1v) is 8.80. The van der Waals surface area contributed by atoms with Crippen LogP contribution in [0.25, 0.3) is 0 Å². The number of halogens is 1. The maximum Gasteiger partial charge on any atom is 0.195 e. The summed E-state index contributed by atoms with van der Waals surface area (Å²) in [5.41, 5.74) is 15.9. The lowest BCUT2D eigenvalue weighted by Gasteiger charge is -2.34. The van der Waals surface area contributed by atoms with Crippen LogP contribution >= 0.6 is 11.6 Å². The van der Waals surface area contributed by atoms with E-state index in [1.165, 1.54) is 0 Å². The number of hydrogen-bond donors (Lipinski definition) is 3. The van der Waals surface area contributed by atoms with E-state index in [9.17, 15) is 0 Å². The Hall–Kier alpha value is -1.72. The first-order chi connectivity index (χ1) is 11.4. The average molecular weight is 351 g/mol. The van der Waals surface area contributed by atoms with Crippen LogP contribution < -0.4 is 21.5 Å². The van der Waals surface area contributed by atoms with Gasteiger partial charge in [0.2, 0.25) is 0 Å². The number of nitrogens with two attached hydrogens (primary N) is 2. The molecule has 5 nitrogen and oxygen atoms in total. The third kappa shape index (κ3) is 4.02. The van der Waals surface area contributed by atoms with Crippen molar-refractivity contribution in [2.75, 3.05) is 7.11 Å². The monoisotopic (exact) mass is 350 g/mol. The van der Waals surface area contributed by atoms with Crippen molar-refractivity contribution in [1.82, 2.24) is 5.32 Å². The van der Waals surface area contributed by atoms with E-state index >= 15 is 0 Å². The van der Waals surface area contributed by atoms with Gasteiger partial charge in [0.05, 0.1) is 7.11 Å². The highest BCUT2D eigenvalue weighted by Gasteiger charge is 2.34. The lowest BCUT2D eigenvalue weighted by molar-refractivity contribution is 0.405. The van der Waals surface area contributed by atoms with Crippen LogP contribution in [0.4, 0.5) is 0 Å². The van der Waals surface area contributed by atoms with Gasteiger partial charge in [0.1, 0.15) is 11.4 Å². The van der Waals surface area contributed by atoms with E-state index in [2.05, 4.69) is 23.3 Å². The molecular weight excluding hydrogens is 324 g/mol. The number of aliphatic imine (C=N–C) groups is 1. The highest BCUT2D eigenvalue weighted by molar-refractivity contribution is 6.17. The fourth-order valence-corrected chi connectivity index (χ4v) is 3.25. The summed E-state index contributed by atoms with van der Waals surface area (Å²) >= 11 is 5.98. The standard InChI is InChI=1S/C18H27ClN4O/c1-4-5-8-18(21)15(12(2)22-17(20)23-18)10-14-9-13(11-19)6-7-16(14)24-3/h6-7,9H,4-5,8,10-11,21H2,1-3H3,(H3,20,22,23). The molecule has 2 rings (SSSR count). The number of rotatable bonds is 7. The zero-order valence-electron chi connectivity index (χ0n) is 14.7. The molecule has 0 aliphatic carbocycles. The van der Waals surface area contributed by atoms with Crippen LogP contribution in [0.3, 0.4) is 0 Å². The average Bonchev–Trinajstić information content (AvgIpc) is 2.56. The summed E-state index contributed by atoms with van der Waals surface area (Å²) in [4.78, 5) is 4.51. The van der Waals surface area contributed by atoms with Crippen molar-refractivity contribution in [1.29, 1.82) is 0 Å². The normalized spacial score (nSPS) is 20.6. The van der Waals surface area contributed by atoms with E-state index < -0.39 is 5.66 Å². The third-order valence-electron chi connectivity index (χ3n) is 4.39. The van der Waals surface area contributed by atoms with Crippen LogP contribution in [-0.2, 0) is 12.3 Å². The number of nitrogens with one attached hydrogen (secondary N) is 1. The van der Waals surface area contributed by atoms with E-state index in [1.807, 2.05) is 19.1 Å². The smallest absolute Gasteiger partial charge is 0.195 e. The van der Waals surface area contributed by atoms with Crippen molar-refractivity contribution in [3.05, 3.63) is 40.6 Å². The number of benzene rings is 1. The SMILES string of the molecule is CCCCC1(N)N=C(N)NC(C)=C1Cc1cc(CCl)ccc1OC. The largest absolute Gasteiger partial charge is 0.496 e. The third-order valence-corrected chi connectivity index (χ3v) is 4.70. The number of allylic oxidation sites excluding steroid dienone is 1. The van der Waals surface area contributed by atoms with Gasteiger partial charge < -0.3 is 21.5 Å². The fraction of sp³-hybridized carbons (Fsp3) is 0.500. The molecule has 1 aliphatic rings. The first kappa shape index (κ1) is 18.6. The second-order valence-corrected chi connectivity index (χ2v) is 6.48. The minimum absolute atomic E-state index is 0.372. The van der Waals surface area contributed by atoms with Crippen LogP contribution in [0, 0.1) is 0 Å². The van der Waals surface area contributed by atoms with Crippen LogP contribution in [0.5, 0.6) is 5.75 Å². The quantitative estimate of drug-likeness (QED) is 0.660. The molecule has 5 N–H and O–H groups in total. The molecule has 6 heteroatoms. The fourth-order valence-electron chi connectivity index (χ4n) is 3.08. The Kier molecular flexibility index (Phi) is 6.13. The second kappa shape index (κ2) is 7.90. The Morgan fingerprint density at radius 1 is 1.38 bits per heavy atom. The molecule has 1 heterocycles. The van der Waals surface area contributed by atoms with Crippen LogP contribution in [0.15, 0.2) is 34.5 Å². The van der Waals surface area contributed by atoms with Crippen LogP contribution in [-0.4, -0.2) is 18.7 Å². The van der Waals surface area contributed by atoms with E-state index in [-0.39, 0.29) is 0 Å². The first-order valence-electron chi connectivity index (χ1n) is 8.26. The summed E-state index contributed by atoms with van der Waals surface area (Å²) in [5.74, 6) is 1.66. The Bertz CT molecular complexity index is 656. The summed E-state index contributed by atoms with van der Waals surface area (Å²) in [6.45, 7) is 4.13. The van der Waals surface area contributed by atoms with Gasteiger partial charge in [-0.1, -0.05) is 25.5 Å². The maximum absolute atomic E-state index is 6.65. The number of ether oxygens (including phenoxy) is 1. The molecule has 0 saturated heterocycles. The van der Waals surface area contributed by atoms with E-state index in [0.717, 1.165) is 47.4 Å². The molecule has 132 valence electrons. The molecule has 0 saturated carbocycles. The van der Waals surface area contributed by atoms with Gasteiger partial charge in [0.25, 0.3) is 0 Å². The zero-order valence-corrected chi connectivity index (χ0v) is 15.4. The van der Waals surface area contributed by atoms with Crippen molar-refractivity contribution in [3.8, 4) is 5.75 Å². The van der Waals surface area contributed by atoms with Gasteiger partial charge in [-0.15, -0.1) is 11.6 Å². The molecule has 0 bridgehead atoms. The van der Waals surface area contributed by atoms with Gasteiger partial charge in [-0.25, -0.2) is 4.99 Å². The maximum atomic E-state index is 6.65. The minimum Gasteiger partial charge on any atom is -0.496 e. The molecule has 1 atom stereocenters. The summed E-state index contributed by atoms with van der Waals surface area (Å²) in [7, 11) is 1.67. The number of nitrogens with zero attached hydrogens (tertiary/aromatic N) is 1. The molecule has 1 aromatic carbocycles. The number of hydrogen-bond acceptors (Lipinski definition) is 5. The molecule has 1 unspecified atom stereocenters. The lowest BCUT2D eigenvalue weighted by atomic mass is 9.87. The predicted octanol–water partition coefficient (Wildman–Crippen LogP) is 3.01. The molecule has 24 heavy (non-hydrogen) atoms. The van der Waals surface area contributed by atoms with Crippen molar-refractivity contribution in [2.24, 2.45) is 16.5 Å². The van der Waals surface area contributed by atoms with E-state index in [0.29, 0.717) is 18.3 Å². The van der Waals surface area contributed by atoms with E-state index in [1.54, 1.807) is 7.11 Å². The van der Waals surface area contributed by atoms with Gasteiger partial charge in [-0.2, -0.15) is 0 Å².